The predicted molar refractivity (Wildman–Crippen MR) is 70.5 cm³/mol. The molecule has 0 aliphatic carbocycles. The highest BCUT2D eigenvalue weighted by Crippen LogP contribution is 2.29. The fourth-order valence-corrected chi connectivity index (χ4v) is 1.72. The number of para-hydroxylation sites is 1. The Morgan fingerprint density at radius 2 is 2.06 bits per heavy atom. The van der Waals surface area contributed by atoms with Crippen LogP contribution in [0, 0.1) is 5.92 Å². The molecule has 0 unspecified atom stereocenters. The van der Waals surface area contributed by atoms with Crippen LogP contribution in [0.4, 0.5) is 11.4 Å². The topological polar surface area (TPSA) is 57.2 Å². The maximum absolute atomic E-state index is 9.11. The van der Waals surface area contributed by atoms with E-state index in [0.717, 1.165) is 23.1 Å². The van der Waals surface area contributed by atoms with Crippen molar-refractivity contribution in [3.8, 4) is 0 Å². The molecule has 0 radical (unpaired) electrons. The van der Waals surface area contributed by atoms with Crippen LogP contribution in [0.2, 0.25) is 0 Å². The van der Waals surface area contributed by atoms with Crippen LogP contribution in [0.3, 0.4) is 0 Å². The second-order valence-electron chi connectivity index (χ2n) is 4.45. The van der Waals surface area contributed by atoms with Gasteiger partial charge in [-0.25, -0.2) is 0 Å². The lowest BCUT2D eigenvalue weighted by molar-refractivity contribution is 0.389. The van der Waals surface area contributed by atoms with Gasteiger partial charge in [-0.1, -0.05) is 32.0 Å². The largest absolute Gasteiger partial charge is 0.382 e. The van der Waals surface area contributed by atoms with Gasteiger partial charge in [0.1, 0.15) is 5.69 Å². The molecule has 0 saturated heterocycles. The first kappa shape index (κ1) is 11.7. The molecule has 90 valence electrons. The number of benzene rings is 1. The van der Waals surface area contributed by atoms with Crippen molar-refractivity contribution in [1.82, 2.24) is 4.98 Å². The molecule has 0 fully saturated rings. The average Bonchev–Trinajstić information content (AvgIpc) is 2.35. The number of hydrogen-bond donors (Lipinski definition) is 3. The number of aromatic nitrogens is 1. The van der Waals surface area contributed by atoms with E-state index in [1.807, 2.05) is 24.3 Å². The molecule has 2 aromatic rings. The Kier molecular flexibility index (Phi) is 3.44. The van der Waals surface area contributed by atoms with Crippen LogP contribution in [-0.4, -0.2) is 16.7 Å². The van der Waals surface area contributed by atoms with E-state index < -0.39 is 0 Å². The van der Waals surface area contributed by atoms with Gasteiger partial charge in [0, 0.05) is 11.9 Å². The van der Waals surface area contributed by atoms with Crippen LogP contribution in [0.15, 0.2) is 30.5 Å². The molecule has 17 heavy (non-hydrogen) atoms. The normalized spacial score (nSPS) is 10.8. The zero-order valence-corrected chi connectivity index (χ0v) is 10.1. The minimum absolute atomic E-state index is 0.536. The minimum atomic E-state index is 0.536. The van der Waals surface area contributed by atoms with Crippen LogP contribution in [0.25, 0.3) is 10.9 Å². The van der Waals surface area contributed by atoms with E-state index in [1.54, 1.807) is 6.20 Å². The van der Waals surface area contributed by atoms with E-state index in [1.165, 1.54) is 0 Å². The second kappa shape index (κ2) is 5.01. The molecule has 3 N–H and O–H groups in total. The summed E-state index contributed by atoms with van der Waals surface area (Å²) in [4.78, 5) is 4.28. The summed E-state index contributed by atoms with van der Waals surface area (Å²) in [6.45, 7) is 5.13. The summed E-state index contributed by atoms with van der Waals surface area (Å²) in [5, 5.41) is 13.5. The summed E-state index contributed by atoms with van der Waals surface area (Å²) in [7, 11) is 0. The molecule has 4 heteroatoms. The first-order valence-corrected chi connectivity index (χ1v) is 5.74. The van der Waals surface area contributed by atoms with Crippen molar-refractivity contribution in [3.05, 3.63) is 30.5 Å². The quantitative estimate of drug-likeness (QED) is 0.708. The Morgan fingerprint density at radius 1 is 1.29 bits per heavy atom. The molecule has 4 nitrogen and oxygen atoms in total. The Labute approximate surface area is 101 Å². The Hall–Kier alpha value is -1.81. The molecule has 2 rings (SSSR count). The maximum Gasteiger partial charge on any atom is 0.102 e. The number of rotatable bonds is 4. The number of pyridine rings is 1. The van der Waals surface area contributed by atoms with Crippen molar-refractivity contribution >= 4 is 22.3 Å². The van der Waals surface area contributed by atoms with Gasteiger partial charge in [-0.05, 0) is 12.0 Å². The fraction of sp³-hybridized carbons (Fsp3) is 0.308. The highest BCUT2D eigenvalue weighted by atomic mass is 16.5. The van der Waals surface area contributed by atoms with E-state index in [2.05, 4.69) is 29.6 Å². The van der Waals surface area contributed by atoms with Gasteiger partial charge in [0.2, 0.25) is 0 Å². The van der Waals surface area contributed by atoms with Gasteiger partial charge in [-0.2, -0.15) is 0 Å². The summed E-state index contributed by atoms with van der Waals surface area (Å²) in [5.41, 5.74) is 4.60. The van der Waals surface area contributed by atoms with E-state index in [4.69, 9.17) is 5.21 Å². The monoisotopic (exact) mass is 231 g/mol. The van der Waals surface area contributed by atoms with Gasteiger partial charge in [0.05, 0.1) is 17.4 Å². The molecule has 0 aliphatic heterocycles. The van der Waals surface area contributed by atoms with Gasteiger partial charge in [-0.15, -0.1) is 0 Å². The van der Waals surface area contributed by atoms with Crippen molar-refractivity contribution in [2.24, 2.45) is 5.92 Å². The number of anilines is 2. The summed E-state index contributed by atoms with van der Waals surface area (Å²) in [6.07, 6.45) is 1.63. The van der Waals surface area contributed by atoms with Crippen molar-refractivity contribution in [2.45, 2.75) is 13.8 Å². The van der Waals surface area contributed by atoms with Crippen LogP contribution >= 0.6 is 0 Å². The zero-order valence-electron chi connectivity index (χ0n) is 10.1. The van der Waals surface area contributed by atoms with E-state index in [0.29, 0.717) is 11.6 Å². The second-order valence-corrected chi connectivity index (χ2v) is 4.45. The molecular weight excluding hydrogens is 214 g/mol. The number of nitrogens with one attached hydrogen (secondary N) is 2. The maximum atomic E-state index is 9.11. The Morgan fingerprint density at radius 3 is 2.76 bits per heavy atom. The standard InChI is InChI=1S/C13H17N3O/c1-9(2)7-15-13-10-5-3-4-6-11(10)14-8-12(13)16-17/h3-6,8-9,16-17H,7H2,1-2H3,(H,14,15). The SMILES string of the molecule is CC(C)CNc1c(NO)cnc2ccccc12. The molecule has 0 bridgehead atoms. The Balaban J connectivity index is 2.47. The van der Waals surface area contributed by atoms with E-state index in [-0.39, 0.29) is 0 Å². The minimum Gasteiger partial charge on any atom is -0.382 e. The number of hydrogen-bond acceptors (Lipinski definition) is 4. The fourth-order valence-electron chi connectivity index (χ4n) is 1.72. The summed E-state index contributed by atoms with van der Waals surface area (Å²) < 4.78 is 0. The molecule has 0 saturated carbocycles. The van der Waals surface area contributed by atoms with Crippen LogP contribution in [0.1, 0.15) is 13.8 Å². The molecule has 1 heterocycles. The predicted octanol–water partition coefficient (Wildman–Crippen LogP) is 3.10. The third-order valence-electron chi connectivity index (χ3n) is 2.58. The third kappa shape index (κ3) is 2.47. The van der Waals surface area contributed by atoms with Crippen molar-refractivity contribution in [2.75, 3.05) is 17.3 Å². The molecular formula is C13H17N3O. The lowest BCUT2D eigenvalue weighted by atomic mass is 10.1. The molecule has 1 aromatic heterocycles. The van der Waals surface area contributed by atoms with Crippen LogP contribution < -0.4 is 10.8 Å². The highest BCUT2D eigenvalue weighted by Gasteiger charge is 2.08. The van der Waals surface area contributed by atoms with Gasteiger partial charge in [0.15, 0.2) is 0 Å². The van der Waals surface area contributed by atoms with Crippen molar-refractivity contribution < 1.29 is 5.21 Å². The summed E-state index contributed by atoms with van der Waals surface area (Å²) >= 11 is 0. The van der Waals surface area contributed by atoms with Gasteiger partial charge in [0.25, 0.3) is 0 Å². The zero-order chi connectivity index (χ0) is 12.3. The first-order chi connectivity index (χ1) is 8.22. The smallest absolute Gasteiger partial charge is 0.102 e. The first-order valence-electron chi connectivity index (χ1n) is 5.74. The van der Waals surface area contributed by atoms with Crippen LogP contribution in [-0.2, 0) is 0 Å². The summed E-state index contributed by atoms with van der Waals surface area (Å²) in [5.74, 6) is 0.536. The molecule has 0 spiro atoms. The lowest BCUT2D eigenvalue weighted by Crippen LogP contribution is -2.10. The van der Waals surface area contributed by atoms with Crippen molar-refractivity contribution in [3.63, 3.8) is 0 Å². The van der Waals surface area contributed by atoms with Gasteiger partial charge in [-0.3, -0.25) is 15.7 Å². The Bertz CT molecular complexity index is 511. The highest BCUT2D eigenvalue weighted by molar-refractivity contribution is 5.97. The van der Waals surface area contributed by atoms with Gasteiger partial charge < -0.3 is 5.32 Å². The van der Waals surface area contributed by atoms with E-state index >= 15 is 0 Å². The average molecular weight is 231 g/mol. The van der Waals surface area contributed by atoms with Gasteiger partial charge >= 0.3 is 0 Å². The molecule has 0 atom stereocenters. The number of nitrogens with zero attached hydrogens (tertiary/aromatic N) is 1. The van der Waals surface area contributed by atoms with Crippen molar-refractivity contribution in [1.29, 1.82) is 0 Å². The molecule has 0 amide bonds. The third-order valence-corrected chi connectivity index (χ3v) is 2.58. The molecule has 0 aliphatic rings. The summed E-state index contributed by atoms with van der Waals surface area (Å²) in [6, 6.07) is 7.86. The molecule has 1 aromatic carbocycles. The van der Waals surface area contributed by atoms with Crippen LogP contribution in [0.5, 0.6) is 0 Å². The number of fused-ring (bicyclic) bond motifs is 1. The van der Waals surface area contributed by atoms with E-state index in [9.17, 15) is 0 Å². The lowest BCUT2D eigenvalue weighted by Gasteiger charge is -2.15.